The predicted octanol–water partition coefficient (Wildman–Crippen LogP) is 4.82. The Morgan fingerprint density at radius 3 is 2.61 bits per heavy atom. The molecule has 1 aliphatic carbocycles. The van der Waals surface area contributed by atoms with Gasteiger partial charge in [0, 0.05) is 23.9 Å². The van der Waals surface area contributed by atoms with Crippen molar-refractivity contribution in [2.24, 2.45) is 0 Å². The van der Waals surface area contributed by atoms with Gasteiger partial charge in [-0.2, -0.15) is 0 Å². The Bertz CT molecular complexity index is 888. The fraction of sp³-hybridized carbons (Fsp3) is 0.500. The van der Waals surface area contributed by atoms with Gasteiger partial charge >= 0.3 is 0 Å². The van der Waals surface area contributed by atoms with Gasteiger partial charge in [0.1, 0.15) is 11.4 Å². The third kappa shape index (κ3) is 3.88. The fourth-order valence-corrected chi connectivity index (χ4v) is 4.42. The molecule has 0 saturated heterocycles. The van der Waals surface area contributed by atoms with E-state index < -0.39 is 23.3 Å². The number of fused-ring (bicyclic) bond motifs is 1. The maximum absolute atomic E-state index is 14.0. The summed E-state index contributed by atoms with van der Waals surface area (Å²) in [5.41, 5.74) is -0.544. The molecule has 1 aliphatic rings. The summed E-state index contributed by atoms with van der Waals surface area (Å²) in [6.45, 7) is 4.95. The van der Waals surface area contributed by atoms with E-state index in [9.17, 15) is 23.1 Å². The van der Waals surface area contributed by atoms with E-state index >= 15 is 0 Å². The van der Waals surface area contributed by atoms with Gasteiger partial charge in [-0.25, -0.2) is 13.2 Å². The van der Waals surface area contributed by atoms with Gasteiger partial charge in [-0.05, 0) is 60.9 Å². The van der Waals surface area contributed by atoms with Crippen LogP contribution in [0.4, 0.5) is 13.2 Å². The summed E-state index contributed by atoms with van der Waals surface area (Å²) in [5, 5.41) is 10.9. The third-order valence-electron chi connectivity index (χ3n) is 5.72. The first kappa shape index (κ1) is 20.6. The van der Waals surface area contributed by atoms with Crippen LogP contribution in [0.25, 0.3) is 0 Å². The first-order valence-electron chi connectivity index (χ1n) is 9.52. The number of benzene rings is 1. The molecular formula is C22H26F3NO2. The summed E-state index contributed by atoms with van der Waals surface area (Å²) in [7, 11) is 0. The minimum Gasteiger partial charge on any atom is -0.382 e. The molecule has 1 unspecified atom stereocenters. The first-order chi connectivity index (χ1) is 13.0. The lowest BCUT2D eigenvalue weighted by Gasteiger charge is -2.37. The Morgan fingerprint density at radius 2 is 1.93 bits per heavy atom. The average molecular weight is 393 g/mol. The van der Waals surface area contributed by atoms with Crippen LogP contribution in [0.15, 0.2) is 30.5 Å². The van der Waals surface area contributed by atoms with Crippen molar-refractivity contribution in [1.82, 2.24) is 4.57 Å². The van der Waals surface area contributed by atoms with Crippen LogP contribution in [0.1, 0.15) is 60.3 Å². The van der Waals surface area contributed by atoms with Crippen LogP contribution < -0.4 is 0 Å². The normalized spacial score (nSPS) is 16.9. The van der Waals surface area contributed by atoms with Crippen molar-refractivity contribution in [3.8, 4) is 0 Å². The molecule has 0 spiro atoms. The summed E-state index contributed by atoms with van der Waals surface area (Å²) >= 11 is 0. The number of alkyl halides is 2. The van der Waals surface area contributed by atoms with E-state index in [4.69, 9.17) is 0 Å². The van der Waals surface area contributed by atoms with Crippen molar-refractivity contribution in [3.63, 3.8) is 0 Å². The summed E-state index contributed by atoms with van der Waals surface area (Å²) in [6, 6.07) is 5.93. The molecular weight excluding hydrogens is 367 g/mol. The number of aliphatic hydroxyl groups is 1. The van der Waals surface area contributed by atoms with Gasteiger partial charge in [0.25, 0.3) is 6.43 Å². The van der Waals surface area contributed by atoms with Gasteiger partial charge < -0.3 is 9.67 Å². The highest BCUT2D eigenvalue weighted by molar-refractivity contribution is 5.98. The zero-order valence-corrected chi connectivity index (χ0v) is 16.4. The highest BCUT2D eigenvalue weighted by atomic mass is 19.3. The van der Waals surface area contributed by atoms with Gasteiger partial charge in [-0.1, -0.05) is 19.9 Å². The van der Waals surface area contributed by atoms with E-state index in [-0.39, 0.29) is 18.7 Å². The van der Waals surface area contributed by atoms with Crippen LogP contribution in [0.2, 0.25) is 0 Å². The second kappa shape index (κ2) is 7.39. The molecule has 3 nitrogen and oxygen atoms in total. The van der Waals surface area contributed by atoms with Gasteiger partial charge in [0.15, 0.2) is 5.78 Å². The molecule has 28 heavy (non-hydrogen) atoms. The molecule has 0 fully saturated rings. The van der Waals surface area contributed by atoms with Crippen molar-refractivity contribution < 1.29 is 23.1 Å². The van der Waals surface area contributed by atoms with Gasteiger partial charge in [0.05, 0.1) is 6.54 Å². The van der Waals surface area contributed by atoms with Crippen molar-refractivity contribution >= 4 is 5.78 Å². The topological polar surface area (TPSA) is 42.2 Å². The van der Waals surface area contributed by atoms with Crippen LogP contribution >= 0.6 is 0 Å². The van der Waals surface area contributed by atoms with Crippen LogP contribution in [0.5, 0.6) is 0 Å². The van der Waals surface area contributed by atoms with Crippen molar-refractivity contribution in [1.29, 1.82) is 0 Å². The molecule has 0 saturated carbocycles. The van der Waals surface area contributed by atoms with E-state index in [0.717, 1.165) is 5.56 Å². The van der Waals surface area contributed by atoms with E-state index in [1.807, 2.05) is 0 Å². The number of nitrogens with zero attached hydrogens (tertiary/aromatic N) is 1. The van der Waals surface area contributed by atoms with Crippen LogP contribution in [0, 0.1) is 12.7 Å². The zero-order valence-electron chi connectivity index (χ0n) is 16.4. The fourth-order valence-electron chi connectivity index (χ4n) is 4.42. The first-order valence-corrected chi connectivity index (χ1v) is 9.52. The van der Waals surface area contributed by atoms with E-state index in [1.54, 1.807) is 43.7 Å². The van der Waals surface area contributed by atoms with E-state index in [2.05, 4.69) is 0 Å². The lowest BCUT2D eigenvalue weighted by Crippen LogP contribution is -2.46. The molecule has 3 rings (SSSR count). The summed E-state index contributed by atoms with van der Waals surface area (Å²) in [6.07, 6.45) is 0.126. The highest BCUT2D eigenvalue weighted by Crippen LogP contribution is 2.38. The quantitative estimate of drug-likeness (QED) is 0.765. The average Bonchev–Trinajstić information content (AvgIpc) is 3.00. The lowest BCUT2D eigenvalue weighted by atomic mass is 9.73. The lowest BCUT2D eigenvalue weighted by molar-refractivity contribution is -0.120. The number of hydrogen-bond donors (Lipinski definition) is 1. The third-order valence-corrected chi connectivity index (χ3v) is 5.72. The van der Waals surface area contributed by atoms with Gasteiger partial charge in [0.2, 0.25) is 0 Å². The van der Waals surface area contributed by atoms with Crippen molar-refractivity contribution in [3.05, 3.63) is 58.7 Å². The molecule has 1 N–H and O–H groups in total. The standard InChI is InChI=1S/C22H26F3NO2/c1-14-7-8-15(23)11-17(14)21(2,3)12-22(28,20(24)25)13-26-10-9-16-18(26)5-4-6-19(16)27/h7-11,20,28H,4-6,12-13H2,1-3H3. The Labute approximate surface area is 163 Å². The number of Topliss-reactive ketones (excluding diaryl/α,β-unsaturated/α-hetero) is 1. The van der Waals surface area contributed by atoms with Crippen molar-refractivity contribution in [2.75, 3.05) is 0 Å². The maximum Gasteiger partial charge on any atom is 0.268 e. The summed E-state index contributed by atoms with van der Waals surface area (Å²) < 4.78 is 43.3. The minimum absolute atomic E-state index is 0.0105. The Hall–Kier alpha value is -2.08. The number of aryl methyl sites for hydroxylation is 1. The molecule has 0 radical (unpaired) electrons. The van der Waals surface area contributed by atoms with E-state index in [0.29, 0.717) is 36.1 Å². The molecule has 1 aromatic carbocycles. The number of carbonyl (C=O) groups is 1. The van der Waals surface area contributed by atoms with Crippen LogP contribution in [0.3, 0.4) is 0 Å². The summed E-state index contributed by atoms with van der Waals surface area (Å²) in [4.78, 5) is 12.0. The maximum atomic E-state index is 14.0. The predicted molar refractivity (Wildman–Crippen MR) is 101 cm³/mol. The minimum atomic E-state index is -2.99. The number of hydrogen-bond acceptors (Lipinski definition) is 2. The molecule has 1 atom stereocenters. The Kier molecular flexibility index (Phi) is 5.45. The Balaban J connectivity index is 1.92. The number of rotatable bonds is 6. The number of aromatic nitrogens is 1. The molecule has 1 aromatic heterocycles. The number of ketones is 1. The molecule has 0 aliphatic heterocycles. The SMILES string of the molecule is Cc1ccc(F)cc1C(C)(C)CC(O)(Cn1ccc2c1CCCC2=O)C(F)F. The molecule has 6 heteroatoms. The van der Waals surface area contributed by atoms with E-state index in [1.165, 1.54) is 12.1 Å². The molecule has 2 aromatic rings. The molecule has 0 bridgehead atoms. The van der Waals surface area contributed by atoms with Crippen LogP contribution in [-0.2, 0) is 18.4 Å². The van der Waals surface area contributed by atoms with Crippen LogP contribution in [-0.4, -0.2) is 27.5 Å². The highest BCUT2D eigenvalue weighted by Gasteiger charge is 2.44. The number of carbonyl (C=O) groups excluding carboxylic acids is 1. The molecule has 152 valence electrons. The second-order valence-electron chi connectivity index (χ2n) is 8.50. The Morgan fingerprint density at radius 1 is 1.21 bits per heavy atom. The zero-order chi connectivity index (χ0) is 20.7. The summed E-state index contributed by atoms with van der Waals surface area (Å²) in [5.74, 6) is -0.427. The molecule has 0 amide bonds. The van der Waals surface area contributed by atoms with Gasteiger partial charge in [-0.15, -0.1) is 0 Å². The monoisotopic (exact) mass is 393 g/mol. The largest absolute Gasteiger partial charge is 0.382 e. The van der Waals surface area contributed by atoms with Crippen molar-refractivity contribution in [2.45, 2.75) is 70.4 Å². The second-order valence-corrected chi connectivity index (χ2v) is 8.50. The smallest absolute Gasteiger partial charge is 0.268 e. The van der Waals surface area contributed by atoms with Gasteiger partial charge in [-0.3, -0.25) is 4.79 Å². The molecule has 1 heterocycles. The number of halogens is 3.